The predicted octanol–water partition coefficient (Wildman–Crippen LogP) is 2.52. The Hall–Kier alpha value is -1.20. The Labute approximate surface area is 173 Å². The number of nitrogens with zero attached hydrogens (tertiary/aromatic N) is 2. The Balaban J connectivity index is 0.000000500. The van der Waals surface area contributed by atoms with Crippen molar-refractivity contribution in [1.29, 1.82) is 0 Å². The topological polar surface area (TPSA) is 111 Å². The summed E-state index contributed by atoms with van der Waals surface area (Å²) in [6.07, 6.45) is 4.74. The van der Waals surface area contributed by atoms with Gasteiger partial charge < -0.3 is 19.1 Å². The maximum Gasteiger partial charge on any atom is 0.261 e. The van der Waals surface area contributed by atoms with E-state index in [-0.39, 0.29) is 6.61 Å². The Morgan fingerprint density at radius 1 is 1.39 bits per heavy atom. The summed E-state index contributed by atoms with van der Waals surface area (Å²) in [5, 5.41) is 10.4. The summed E-state index contributed by atoms with van der Waals surface area (Å²) in [4.78, 5) is 4.33. The van der Waals surface area contributed by atoms with Crippen molar-refractivity contribution in [3.05, 3.63) is 52.0 Å². The van der Waals surface area contributed by atoms with Gasteiger partial charge in [-0.15, -0.1) is 0 Å². The van der Waals surface area contributed by atoms with Crippen LogP contribution in [0.3, 0.4) is 0 Å². The smallest absolute Gasteiger partial charge is 0.261 e. The molecule has 2 atom stereocenters. The van der Waals surface area contributed by atoms with Gasteiger partial charge in [0, 0.05) is 29.4 Å². The highest BCUT2D eigenvalue weighted by atomic mass is 35.5. The summed E-state index contributed by atoms with van der Waals surface area (Å²) in [6, 6.07) is 5.21. The fourth-order valence-electron chi connectivity index (χ4n) is 2.79. The first-order valence-corrected chi connectivity index (χ1v) is 11.0. The molecule has 3 rings (SSSR count). The first-order chi connectivity index (χ1) is 13.1. The van der Waals surface area contributed by atoms with Crippen molar-refractivity contribution in [1.82, 2.24) is 9.55 Å². The quantitative estimate of drug-likeness (QED) is 0.670. The van der Waals surface area contributed by atoms with E-state index in [0.29, 0.717) is 35.0 Å². The maximum atomic E-state index is 9.41. The van der Waals surface area contributed by atoms with Crippen LogP contribution in [0.25, 0.3) is 0 Å². The second-order valence-electron chi connectivity index (χ2n) is 6.17. The first kappa shape index (κ1) is 23.1. The van der Waals surface area contributed by atoms with E-state index in [9.17, 15) is 13.5 Å². The standard InChI is InChI=1S/C16H18Cl2N2O3.CH4O3S/c1-2-15-19-5-6-20(15)10-16(22-9-12(8-21)23-16)13-4-3-11(17)7-14(13)18;1-5(2,3)4/h3-7,12,21H,2,8-10H2,1H3;1H3,(H,2,3,4)/t12-,16-;/m1./s1. The van der Waals surface area contributed by atoms with Crippen LogP contribution >= 0.6 is 23.2 Å². The minimum Gasteiger partial charge on any atom is -0.394 e. The highest BCUT2D eigenvalue weighted by Gasteiger charge is 2.45. The normalized spacial score (nSPS) is 22.0. The number of aryl methyl sites for hydroxylation is 1. The van der Waals surface area contributed by atoms with Crippen molar-refractivity contribution in [2.45, 2.75) is 31.8 Å². The van der Waals surface area contributed by atoms with Gasteiger partial charge in [0.25, 0.3) is 10.1 Å². The van der Waals surface area contributed by atoms with Crippen LogP contribution in [0.1, 0.15) is 18.3 Å². The highest BCUT2D eigenvalue weighted by molar-refractivity contribution is 7.85. The fraction of sp³-hybridized carbons (Fsp3) is 0.471. The lowest BCUT2D eigenvalue weighted by Gasteiger charge is -2.30. The second-order valence-corrected chi connectivity index (χ2v) is 8.48. The molecule has 0 bridgehead atoms. The fourth-order valence-corrected chi connectivity index (χ4v) is 3.34. The molecule has 156 valence electrons. The van der Waals surface area contributed by atoms with E-state index in [2.05, 4.69) is 4.98 Å². The van der Waals surface area contributed by atoms with E-state index < -0.39 is 22.0 Å². The molecule has 0 spiro atoms. The number of hydrogen-bond acceptors (Lipinski definition) is 6. The van der Waals surface area contributed by atoms with Gasteiger partial charge in [0.15, 0.2) is 0 Å². The van der Waals surface area contributed by atoms with Crippen LogP contribution in [0.15, 0.2) is 30.6 Å². The molecule has 1 aliphatic heterocycles. The molecule has 2 aromatic rings. The van der Waals surface area contributed by atoms with Crippen LogP contribution in [0.5, 0.6) is 0 Å². The van der Waals surface area contributed by atoms with Crippen LogP contribution in [0.2, 0.25) is 10.0 Å². The molecule has 1 fully saturated rings. The Morgan fingerprint density at radius 3 is 2.61 bits per heavy atom. The number of hydrogen-bond donors (Lipinski definition) is 2. The summed E-state index contributed by atoms with van der Waals surface area (Å²) >= 11 is 12.4. The summed E-state index contributed by atoms with van der Waals surface area (Å²) in [7, 11) is -3.67. The molecule has 1 aromatic heterocycles. The maximum absolute atomic E-state index is 9.41. The first-order valence-electron chi connectivity index (χ1n) is 8.38. The van der Waals surface area contributed by atoms with Crippen molar-refractivity contribution in [2.75, 3.05) is 19.5 Å². The zero-order valence-electron chi connectivity index (χ0n) is 15.4. The van der Waals surface area contributed by atoms with E-state index >= 15 is 0 Å². The Kier molecular flexibility index (Phi) is 7.86. The van der Waals surface area contributed by atoms with Crippen LogP contribution in [0.4, 0.5) is 0 Å². The summed E-state index contributed by atoms with van der Waals surface area (Å²) < 4.78 is 39.8. The molecule has 0 amide bonds. The molecule has 11 heteroatoms. The number of aliphatic hydroxyl groups excluding tert-OH is 1. The molecule has 2 heterocycles. The van der Waals surface area contributed by atoms with Gasteiger partial charge in [-0.3, -0.25) is 4.55 Å². The van der Waals surface area contributed by atoms with Gasteiger partial charge in [-0.2, -0.15) is 8.42 Å². The molecular formula is C17H22Cl2N2O6S. The summed E-state index contributed by atoms with van der Waals surface area (Å²) in [5.41, 5.74) is 0.690. The average molecular weight is 453 g/mol. The molecule has 1 saturated heterocycles. The van der Waals surface area contributed by atoms with Gasteiger partial charge in [-0.05, 0) is 12.1 Å². The molecular weight excluding hydrogens is 431 g/mol. The van der Waals surface area contributed by atoms with Gasteiger partial charge in [0.1, 0.15) is 11.9 Å². The third kappa shape index (κ3) is 6.15. The summed E-state index contributed by atoms with van der Waals surface area (Å²) in [6.45, 7) is 2.62. The number of benzene rings is 1. The zero-order chi connectivity index (χ0) is 20.9. The van der Waals surface area contributed by atoms with Crippen molar-refractivity contribution in [3.63, 3.8) is 0 Å². The van der Waals surface area contributed by atoms with Crippen LogP contribution in [-0.2, 0) is 38.3 Å². The van der Waals surface area contributed by atoms with Crippen LogP contribution < -0.4 is 0 Å². The molecule has 0 aliphatic carbocycles. The largest absolute Gasteiger partial charge is 0.394 e. The van der Waals surface area contributed by atoms with Gasteiger partial charge >= 0.3 is 0 Å². The minimum absolute atomic E-state index is 0.114. The molecule has 1 aromatic carbocycles. The number of aromatic nitrogens is 2. The predicted molar refractivity (Wildman–Crippen MR) is 105 cm³/mol. The second kappa shape index (κ2) is 9.53. The third-order valence-corrected chi connectivity index (χ3v) is 4.45. The van der Waals surface area contributed by atoms with Gasteiger partial charge in [-0.25, -0.2) is 4.98 Å². The van der Waals surface area contributed by atoms with E-state index in [1.807, 2.05) is 17.7 Å². The average Bonchev–Trinajstić information content (AvgIpc) is 3.20. The van der Waals surface area contributed by atoms with Gasteiger partial charge in [-0.1, -0.05) is 36.2 Å². The monoisotopic (exact) mass is 452 g/mol. The van der Waals surface area contributed by atoms with Crippen molar-refractivity contribution >= 4 is 33.3 Å². The van der Waals surface area contributed by atoms with Crippen molar-refractivity contribution < 1.29 is 27.6 Å². The molecule has 2 N–H and O–H groups in total. The molecule has 0 saturated carbocycles. The van der Waals surface area contributed by atoms with Gasteiger partial charge in [0.2, 0.25) is 5.79 Å². The van der Waals surface area contributed by atoms with E-state index in [1.165, 1.54) is 0 Å². The number of rotatable bonds is 5. The lowest BCUT2D eigenvalue weighted by molar-refractivity contribution is -0.190. The van der Waals surface area contributed by atoms with E-state index in [4.69, 9.17) is 37.2 Å². The van der Waals surface area contributed by atoms with Crippen molar-refractivity contribution in [2.24, 2.45) is 0 Å². The molecule has 8 nitrogen and oxygen atoms in total. The molecule has 28 heavy (non-hydrogen) atoms. The number of ether oxygens (including phenoxy) is 2. The molecule has 1 aliphatic rings. The number of aliphatic hydroxyl groups is 1. The van der Waals surface area contributed by atoms with Crippen molar-refractivity contribution in [3.8, 4) is 0 Å². The number of halogens is 2. The highest BCUT2D eigenvalue weighted by Crippen LogP contribution is 2.40. The zero-order valence-corrected chi connectivity index (χ0v) is 17.7. The Morgan fingerprint density at radius 2 is 2.07 bits per heavy atom. The number of imidazole rings is 1. The molecule has 0 radical (unpaired) electrons. The van der Waals surface area contributed by atoms with Gasteiger partial charge in [0.05, 0.1) is 31.0 Å². The summed E-state index contributed by atoms with van der Waals surface area (Å²) in [5.74, 6) is -0.145. The lowest BCUT2D eigenvalue weighted by Crippen LogP contribution is -2.34. The SMILES string of the molecule is CCc1nccn1C[C@@]1(c2ccc(Cl)cc2Cl)OC[C@@H](CO)O1.CS(=O)(=O)O. The Bertz CT molecular complexity index is 897. The van der Waals surface area contributed by atoms with E-state index in [0.717, 1.165) is 12.2 Å². The van der Waals surface area contributed by atoms with E-state index in [1.54, 1.807) is 24.4 Å². The molecule has 0 unspecified atom stereocenters. The lowest BCUT2D eigenvalue weighted by atomic mass is 10.1. The van der Waals surface area contributed by atoms with Crippen LogP contribution in [-0.4, -0.2) is 53.2 Å². The van der Waals surface area contributed by atoms with Crippen LogP contribution in [0, 0.1) is 0 Å². The third-order valence-electron chi connectivity index (χ3n) is 3.90. The minimum atomic E-state index is -3.67.